The topological polar surface area (TPSA) is 1260 Å². The normalized spacial score (nSPS) is 9.32. The fourth-order valence-corrected chi connectivity index (χ4v) is 10.4. The maximum absolute atomic E-state index is 12.6. The van der Waals surface area contributed by atoms with E-state index in [0.29, 0.717) is 52.1 Å². The van der Waals surface area contributed by atoms with Gasteiger partial charge in [-0.05, 0) is 37.0 Å². The zero-order chi connectivity index (χ0) is 113. The minimum Gasteiger partial charge on any atom is -0.384 e. The van der Waals surface area contributed by atoms with E-state index in [1.165, 1.54) is 33.8 Å². The number of aryl methyl sites for hydroxylation is 2. The largest absolute Gasteiger partial charge is 0.384 e. The number of rotatable bonds is 18. The second kappa shape index (κ2) is 60.3. The highest BCUT2D eigenvalue weighted by molar-refractivity contribution is 6.29. The Hall–Kier alpha value is -22.4. The Morgan fingerprint density at radius 1 is 0.264 bits per heavy atom. The molecule has 0 atom stereocenters. The summed E-state index contributed by atoms with van der Waals surface area (Å²) in [5.41, 5.74) is 106. The second-order valence-corrected chi connectivity index (χ2v) is 26.4. The highest BCUT2D eigenvalue weighted by Gasteiger charge is 2.23. The van der Waals surface area contributed by atoms with Crippen molar-refractivity contribution in [3.8, 4) is 36.4 Å². The highest BCUT2D eigenvalue weighted by atomic mass is 35.5. The van der Waals surface area contributed by atoms with Gasteiger partial charge in [0, 0.05) is 84.6 Å². The van der Waals surface area contributed by atoms with Crippen LogP contribution in [-0.4, -0.2) is 240 Å². The van der Waals surface area contributed by atoms with E-state index in [1.54, 1.807) is 83.3 Å². The number of carbonyl (C=O) groups is 6. The summed E-state index contributed by atoms with van der Waals surface area (Å²) >= 11 is 11.0. The number of amides is 6. The Morgan fingerprint density at radius 2 is 0.500 bits per heavy atom. The van der Waals surface area contributed by atoms with E-state index in [9.17, 15) is 47.1 Å². The van der Waals surface area contributed by atoms with Crippen LogP contribution in [0.1, 0.15) is 107 Å². The van der Waals surface area contributed by atoms with Gasteiger partial charge in [0.25, 0.3) is 35.4 Å². The van der Waals surface area contributed by atoms with E-state index in [4.69, 9.17) is 169 Å². The SMILES string of the molecule is CNc1nc(=O)[nH]c(N)c1C#N.CNc1nc(=O)[nH]c(N)c1C(N)=O.CNc1nc(C)nc(N)c1C#N.CNc1nc(C)nc(N)c1C(N)=O.CNc1nc(Cl)nc(N)c1C#N.CNc1nc(Cl)nc(N)c1C(N)=O.CNc1nc(F)nc(N)c1C#N.CNc1nc(F)nc(N)c1C(N)=O.CNc1nc(N)nc(N)c1C#N.CNc1nc(N)nc(N)c1C(N)=O.CNc1ncnc(N)c1C#N.CNc1ncnc(N)c1C(N)=O. The molecule has 0 fully saturated rings. The van der Waals surface area contributed by atoms with Crippen LogP contribution in [0.3, 0.4) is 0 Å². The predicted octanol–water partition coefficient (Wildman–Crippen LogP) is -5.02. The van der Waals surface area contributed by atoms with Gasteiger partial charge in [0.05, 0.1) is 0 Å². The van der Waals surface area contributed by atoms with Gasteiger partial charge in [-0.15, -0.1) is 0 Å². The molecule has 0 aromatic carbocycles. The number of nitrogens with one attached hydrogen (secondary N) is 14. The quantitative estimate of drug-likeness (QED) is 0.0358. The number of nitriles is 6. The van der Waals surface area contributed by atoms with E-state index in [2.05, 4.69) is 183 Å². The molecule has 0 aliphatic carbocycles. The van der Waals surface area contributed by atoms with Crippen LogP contribution in [0, 0.1) is 94.0 Å². The summed E-state index contributed by atoms with van der Waals surface area (Å²) in [6.45, 7) is 3.40. The summed E-state index contributed by atoms with van der Waals surface area (Å²) in [5.74, 6) is 0.252. The number of carbonyl (C=O) groups excluding carboxylic acids is 6. The zero-order valence-corrected chi connectivity index (χ0v) is 81.5. The third-order valence-electron chi connectivity index (χ3n) is 16.3. The first-order valence-electron chi connectivity index (χ1n) is 39.5. The van der Waals surface area contributed by atoms with Crippen LogP contribution >= 0.6 is 23.2 Å². The standard InChI is InChI=1S/C7H11N5O.C7H9N5.C6H8ClN5O.C6H6ClN5.C6H8FN5O.C6H6FN5.C6H10N6O.C6H8N6.C6H9N5O2.C6H9N5O.C6H7N5O.C6H7N5/c1-3-11-5(8)4(6(9)13)7(10-2)12-3;1-4-11-6(9)5(3-8)7(10-2)12-4;1-10-5-2(4(9)13)3(8)11-6(7)12-5;1-10-5-3(2-8)4(9)11-6(7)12-5;1-10-5-2(4(9)13)3(8)11-6(7)12-5;1-10-5-3(2-8)4(9)11-6(7)12-5;1-10-5-2(4(8)13)3(7)11-6(9)12-5;1-10-5-3(2-7)4(8)11-6(9)12-5;1-9-5-2(4(8)12)3(7)10-6(13)11-5;1-9-6-3(5(8)12)4(7)10-2-11-6;1-9-5-3(2-7)4(8)10-6(12)11-5;1-9-6-4(2-7)5(8)10-3-11-6/h1-2H3,(H2,9,13)(H3,8,10,11,12);1-2H3,(H3,9,10,11,12);1H3,(H2,9,13)(H3,8,10,11,12);1H3,(H3,9,10,11,12);1H3,(H2,9,13)(H3,8,10,11,12);1H3,(H3,9,10,11,12);1H3,(H2,8,13)(H5,7,9,10,11,12);1H3,(H5,8,9,10,11,12);1H3,(H2,8,12)(H4,7,9,10,11,13);2H,1H3,(H2,8,12)(H3,7,9,10,11);1H3,(H4,8,9,10,11,12);3H,1H3,(H3,8,9,10,11). The summed E-state index contributed by atoms with van der Waals surface area (Å²) in [4.78, 5) is 171. The first-order chi connectivity index (χ1) is 69.7. The van der Waals surface area contributed by atoms with Crippen molar-refractivity contribution in [2.24, 2.45) is 34.4 Å². The van der Waals surface area contributed by atoms with Crippen molar-refractivity contribution in [3.63, 3.8) is 0 Å². The molecule has 0 spiro atoms. The first-order valence-corrected chi connectivity index (χ1v) is 40.2. The van der Waals surface area contributed by atoms with Crippen LogP contribution in [0.2, 0.25) is 10.6 Å². The van der Waals surface area contributed by atoms with E-state index in [0.717, 1.165) is 0 Å². The molecule has 74 heteroatoms. The number of nitrogen functional groups attached to an aromatic ring is 14. The molecule has 0 saturated heterocycles. The number of hydrogen-bond acceptors (Lipinski definition) is 62. The van der Waals surface area contributed by atoms with Gasteiger partial charge in [-0.1, -0.05) is 0 Å². The summed E-state index contributed by atoms with van der Waals surface area (Å²) in [5, 5.41) is 83.4. The van der Waals surface area contributed by atoms with Gasteiger partial charge < -0.3 is 178 Å². The molecule has 0 aliphatic heterocycles. The Morgan fingerprint density at radius 3 is 0.892 bits per heavy atom. The third-order valence-corrected chi connectivity index (χ3v) is 16.6. The predicted molar refractivity (Wildman–Crippen MR) is 545 cm³/mol. The molecule has 12 aromatic rings. The van der Waals surface area contributed by atoms with Crippen molar-refractivity contribution in [3.05, 3.63) is 135 Å². The van der Waals surface area contributed by atoms with Gasteiger partial charge in [0.15, 0.2) is 23.3 Å². The van der Waals surface area contributed by atoms with Gasteiger partial charge in [0.1, 0.15) is 244 Å². The number of anilines is 26. The van der Waals surface area contributed by atoms with Crippen molar-refractivity contribution >= 4 is 210 Å². The van der Waals surface area contributed by atoms with Gasteiger partial charge in [0.2, 0.25) is 22.5 Å². The lowest BCUT2D eigenvalue weighted by molar-refractivity contribution is 0.0992. The lowest BCUT2D eigenvalue weighted by atomic mass is 10.2. The lowest BCUT2D eigenvalue weighted by Crippen LogP contribution is -2.23. The van der Waals surface area contributed by atoms with Gasteiger partial charge >= 0.3 is 23.5 Å². The van der Waals surface area contributed by atoms with Crippen LogP contribution in [0.5, 0.6) is 0 Å². The molecular weight excluding hydrogens is 1990 g/mol. The van der Waals surface area contributed by atoms with E-state index < -0.39 is 59.0 Å². The number of hydrogen-bond donors (Lipinski definition) is 34. The van der Waals surface area contributed by atoms with Crippen molar-refractivity contribution in [1.82, 2.24) is 120 Å². The summed E-state index contributed by atoms with van der Waals surface area (Å²) in [6.07, 6.45) is 0.609. The van der Waals surface area contributed by atoms with Crippen molar-refractivity contribution in [2.45, 2.75) is 13.8 Å². The molecular formula is C74H98Cl2F2N62O8. The summed E-state index contributed by atoms with van der Waals surface area (Å²) < 4.78 is 25.0. The maximum Gasteiger partial charge on any atom is 0.348 e. The average molecular weight is 2090 g/mol. The Bertz CT molecular complexity index is 6630. The molecule has 0 radical (unpaired) electrons. The lowest BCUT2D eigenvalue weighted by Gasteiger charge is -2.07. The van der Waals surface area contributed by atoms with Crippen LogP contribution in [-0.2, 0) is 0 Å². The molecule has 0 aliphatic rings. The zero-order valence-electron chi connectivity index (χ0n) is 80.0. The molecule has 70 nitrogen and oxygen atoms in total. The number of aromatic nitrogens is 24. The van der Waals surface area contributed by atoms with Crippen LogP contribution in [0.4, 0.5) is 160 Å². The molecule has 12 aromatic heterocycles. The molecule has 780 valence electrons. The fraction of sp³-hybridized carbons (Fsp3) is 0.189. The Labute approximate surface area is 843 Å². The molecule has 0 unspecified atom stereocenters. The smallest absolute Gasteiger partial charge is 0.348 e. The van der Waals surface area contributed by atoms with Crippen molar-refractivity contribution < 1.29 is 37.5 Å². The maximum atomic E-state index is 12.6. The van der Waals surface area contributed by atoms with Gasteiger partial charge in [-0.2, -0.15) is 105 Å². The minimum absolute atomic E-state index is 0.00755. The minimum atomic E-state index is -1.01. The molecule has 6 amide bonds. The molecule has 12 heterocycles. The number of aromatic amines is 2. The van der Waals surface area contributed by atoms with E-state index >= 15 is 0 Å². The number of halogens is 4. The summed E-state index contributed by atoms with van der Waals surface area (Å²) in [7, 11) is 19.1. The van der Waals surface area contributed by atoms with Crippen molar-refractivity contribution in [2.75, 3.05) is 229 Å². The Kier molecular flexibility index (Phi) is 50.4. The van der Waals surface area contributed by atoms with Crippen LogP contribution < -0.4 is 190 Å². The molecule has 0 saturated carbocycles. The average Bonchev–Trinajstić information content (AvgIpc) is 0.827. The summed E-state index contributed by atoms with van der Waals surface area (Å²) in [6, 6.07) is 11.2. The number of H-pyrrole nitrogens is 2. The van der Waals surface area contributed by atoms with Crippen LogP contribution in [0.25, 0.3) is 0 Å². The monoisotopic (exact) mass is 2090 g/mol. The number of nitrogens with zero attached hydrogens (tertiary/aromatic N) is 28. The highest BCUT2D eigenvalue weighted by Crippen LogP contribution is 2.26. The Balaban J connectivity index is 0.000000807. The van der Waals surface area contributed by atoms with Gasteiger partial charge in [-0.3, -0.25) is 38.7 Å². The number of primary amides is 6. The number of nitrogens with two attached hydrogens (primary N) is 20. The van der Waals surface area contributed by atoms with Crippen molar-refractivity contribution in [1.29, 1.82) is 31.6 Å². The van der Waals surface area contributed by atoms with Crippen LogP contribution in [0.15, 0.2) is 22.2 Å². The van der Waals surface area contributed by atoms with E-state index in [-0.39, 0.29) is 188 Å². The van der Waals surface area contributed by atoms with Gasteiger partial charge in [-0.25, -0.2) is 54.4 Å². The molecule has 148 heavy (non-hydrogen) atoms. The molecule has 54 N–H and O–H groups in total. The second-order valence-electron chi connectivity index (χ2n) is 25.7. The molecule has 0 bridgehead atoms. The fourth-order valence-electron chi connectivity index (χ4n) is 10.1. The molecule has 12 rings (SSSR count). The first kappa shape index (κ1) is 124. The van der Waals surface area contributed by atoms with E-state index in [1.807, 2.05) is 30.3 Å². The third kappa shape index (κ3) is 36.5.